The molecule has 0 saturated heterocycles. The summed E-state index contributed by atoms with van der Waals surface area (Å²) in [5, 5.41) is 31.9. The summed E-state index contributed by atoms with van der Waals surface area (Å²) in [6, 6.07) is 9.28. The van der Waals surface area contributed by atoms with Crippen molar-refractivity contribution in [2.45, 2.75) is 19.8 Å². The van der Waals surface area contributed by atoms with Crippen LogP contribution in [0.25, 0.3) is 0 Å². The Morgan fingerprint density at radius 1 is 1.15 bits per heavy atom. The molecule has 1 aliphatic heterocycles. The van der Waals surface area contributed by atoms with Gasteiger partial charge >= 0.3 is 0 Å². The Bertz CT molecular complexity index is 684. The van der Waals surface area contributed by atoms with E-state index in [2.05, 4.69) is 33.4 Å². The molecular weight excluding hydrogens is 318 g/mol. The molecule has 2 N–H and O–H groups in total. The van der Waals surface area contributed by atoms with Gasteiger partial charge in [0.05, 0.1) is 29.2 Å². The van der Waals surface area contributed by atoms with Crippen molar-refractivity contribution in [1.82, 2.24) is 5.32 Å². The minimum absolute atomic E-state index is 0.0706. The first kappa shape index (κ1) is 14.2. The first-order chi connectivity index (χ1) is 9.49. The lowest BCUT2D eigenvalue weighted by atomic mass is 9.81. The van der Waals surface area contributed by atoms with Gasteiger partial charge in [0.25, 0.3) is 0 Å². The summed E-state index contributed by atoms with van der Waals surface area (Å²) in [6.45, 7) is 3.58. The first-order valence-corrected chi connectivity index (χ1v) is 6.76. The van der Waals surface area contributed by atoms with Gasteiger partial charge in [0.2, 0.25) is 0 Å². The first-order valence-electron chi connectivity index (χ1n) is 5.96. The van der Waals surface area contributed by atoms with Crippen molar-refractivity contribution >= 4 is 15.9 Å². The van der Waals surface area contributed by atoms with E-state index in [-0.39, 0.29) is 5.75 Å². The zero-order valence-corrected chi connectivity index (χ0v) is 12.6. The highest BCUT2D eigenvalue weighted by molar-refractivity contribution is 9.10. The van der Waals surface area contributed by atoms with Crippen LogP contribution in [0, 0.1) is 22.7 Å². The van der Waals surface area contributed by atoms with Crippen molar-refractivity contribution in [1.29, 1.82) is 10.5 Å². The number of halogens is 1. The Labute approximate surface area is 125 Å². The number of aromatic hydroxyl groups is 1. The third kappa shape index (κ3) is 2.29. The van der Waals surface area contributed by atoms with Gasteiger partial charge in [0.1, 0.15) is 5.75 Å². The number of rotatable bonds is 1. The minimum Gasteiger partial charge on any atom is -0.508 e. The Balaban J connectivity index is 2.72. The van der Waals surface area contributed by atoms with Crippen LogP contribution >= 0.6 is 15.9 Å². The molecule has 4 nitrogen and oxygen atoms in total. The van der Waals surface area contributed by atoms with Crippen LogP contribution in [0.3, 0.4) is 0 Å². The third-order valence-electron chi connectivity index (χ3n) is 3.30. The second kappa shape index (κ2) is 5.40. The predicted octanol–water partition coefficient (Wildman–Crippen LogP) is 3.44. The number of hydrogen-bond acceptors (Lipinski definition) is 4. The molecule has 1 aromatic rings. The highest BCUT2D eigenvalue weighted by Crippen LogP contribution is 2.41. The molecule has 0 spiro atoms. The summed E-state index contributed by atoms with van der Waals surface area (Å²) in [5.41, 5.74) is 2.84. The van der Waals surface area contributed by atoms with Crippen LogP contribution in [0.5, 0.6) is 5.75 Å². The molecule has 0 saturated carbocycles. The smallest absolute Gasteiger partial charge is 0.119 e. The predicted molar refractivity (Wildman–Crippen MR) is 78.3 cm³/mol. The molecule has 2 rings (SSSR count). The molecule has 1 aliphatic rings. The SMILES string of the molecule is CC1=C(C#N)C(c2cc(Br)ccc2O)C(C#N)=C(C)N1. The van der Waals surface area contributed by atoms with Crippen LogP contribution in [0.15, 0.2) is 45.2 Å². The number of phenols is 1. The molecule has 20 heavy (non-hydrogen) atoms. The number of benzene rings is 1. The maximum atomic E-state index is 10.1. The molecule has 0 bridgehead atoms. The fourth-order valence-electron chi connectivity index (χ4n) is 2.36. The zero-order chi connectivity index (χ0) is 14.9. The lowest BCUT2D eigenvalue weighted by Crippen LogP contribution is -2.23. The van der Waals surface area contributed by atoms with Gasteiger partial charge in [-0.3, -0.25) is 0 Å². The van der Waals surface area contributed by atoms with Crippen LogP contribution in [0.1, 0.15) is 25.3 Å². The van der Waals surface area contributed by atoms with Crippen molar-refractivity contribution in [3.05, 3.63) is 50.8 Å². The van der Waals surface area contributed by atoms with E-state index >= 15 is 0 Å². The summed E-state index contributed by atoms with van der Waals surface area (Å²) in [7, 11) is 0. The van der Waals surface area contributed by atoms with Gasteiger partial charge in [0.15, 0.2) is 0 Å². The maximum absolute atomic E-state index is 10.1. The van der Waals surface area contributed by atoms with Crippen molar-refractivity contribution < 1.29 is 5.11 Å². The van der Waals surface area contributed by atoms with Crippen LogP contribution in [0.2, 0.25) is 0 Å². The highest BCUT2D eigenvalue weighted by atomic mass is 79.9. The van der Waals surface area contributed by atoms with E-state index in [1.165, 1.54) is 0 Å². The molecule has 0 amide bonds. The van der Waals surface area contributed by atoms with Gasteiger partial charge in [0, 0.05) is 21.4 Å². The minimum atomic E-state index is -0.538. The van der Waals surface area contributed by atoms with E-state index in [9.17, 15) is 15.6 Å². The summed E-state index contributed by atoms with van der Waals surface area (Å²) in [4.78, 5) is 0. The normalized spacial score (nSPS) is 15.7. The van der Waals surface area contributed by atoms with E-state index < -0.39 is 5.92 Å². The highest BCUT2D eigenvalue weighted by Gasteiger charge is 2.31. The number of nitriles is 2. The van der Waals surface area contributed by atoms with Crippen molar-refractivity contribution in [2.75, 3.05) is 0 Å². The van der Waals surface area contributed by atoms with E-state index in [1.807, 2.05) is 0 Å². The van der Waals surface area contributed by atoms with Crippen LogP contribution in [-0.2, 0) is 0 Å². The van der Waals surface area contributed by atoms with Gasteiger partial charge in [-0.25, -0.2) is 0 Å². The zero-order valence-electron chi connectivity index (χ0n) is 11.0. The van der Waals surface area contributed by atoms with Gasteiger partial charge in [-0.15, -0.1) is 0 Å². The third-order valence-corrected chi connectivity index (χ3v) is 3.80. The molecule has 1 aromatic carbocycles. The fraction of sp³-hybridized carbons (Fsp3) is 0.200. The van der Waals surface area contributed by atoms with E-state index in [1.54, 1.807) is 32.0 Å². The largest absolute Gasteiger partial charge is 0.508 e. The molecule has 0 radical (unpaired) electrons. The monoisotopic (exact) mass is 329 g/mol. The quantitative estimate of drug-likeness (QED) is 0.827. The molecule has 0 unspecified atom stereocenters. The Hall–Kier alpha value is -2.24. The summed E-state index contributed by atoms with van der Waals surface area (Å²) in [5.74, 6) is -0.468. The summed E-state index contributed by atoms with van der Waals surface area (Å²) >= 11 is 3.35. The van der Waals surface area contributed by atoms with Crippen LogP contribution < -0.4 is 5.32 Å². The Morgan fingerprint density at radius 2 is 1.70 bits per heavy atom. The average molecular weight is 330 g/mol. The molecule has 0 fully saturated rings. The van der Waals surface area contributed by atoms with Gasteiger partial charge in [-0.1, -0.05) is 15.9 Å². The second-order valence-corrected chi connectivity index (χ2v) is 5.48. The van der Waals surface area contributed by atoms with Crippen LogP contribution in [0.4, 0.5) is 0 Å². The second-order valence-electron chi connectivity index (χ2n) is 4.56. The number of nitrogens with one attached hydrogen (secondary N) is 1. The molecule has 0 aliphatic carbocycles. The maximum Gasteiger partial charge on any atom is 0.119 e. The van der Waals surface area contributed by atoms with Crippen molar-refractivity contribution in [2.24, 2.45) is 0 Å². The number of allylic oxidation sites excluding steroid dienone is 4. The van der Waals surface area contributed by atoms with Gasteiger partial charge in [-0.2, -0.15) is 10.5 Å². The van der Waals surface area contributed by atoms with Gasteiger partial charge < -0.3 is 10.4 Å². The number of hydrogen-bond donors (Lipinski definition) is 2. The van der Waals surface area contributed by atoms with Crippen molar-refractivity contribution in [3.63, 3.8) is 0 Å². The average Bonchev–Trinajstić information content (AvgIpc) is 2.41. The lowest BCUT2D eigenvalue weighted by molar-refractivity contribution is 0.466. The summed E-state index contributed by atoms with van der Waals surface area (Å²) in [6.07, 6.45) is 0. The Morgan fingerprint density at radius 3 is 2.20 bits per heavy atom. The van der Waals surface area contributed by atoms with E-state index in [0.29, 0.717) is 28.1 Å². The fourth-order valence-corrected chi connectivity index (χ4v) is 2.74. The molecular formula is C15H12BrN3O. The number of nitrogens with zero attached hydrogens (tertiary/aromatic N) is 2. The topological polar surface area (TPSA) is 79.8 Å². The molecule has 0 atom stereocenters. The number of phenolic OH excluding ortho intramolecular Hbond substituents is 1. The Kier molecular flexibility index (Phi) is 3.83. The van der Waals surface area contributed by atoms with Gasteiger partial charge in [-0.05, 0) is 32.0 Å². The van der Waals surface area contributed by atoms with Crippen LogP contribution in [-0.4, -0.2) is 5.11 Å². The number of dihydropyridines is 1. The standard InChI is InChI=1S/C15H12BrN3O/c1-8-12(6-17)15(13(7-18)9(2)19-8)11-5-10(16)3-4-14(11)20/h3-5,15,19-20H,1-2H3. The molecule has 0 aromatic heterocycles. The van der Waals surface area contributed by atoms with Crippen molar-refractivity contribution in [3.8, 4) is 17.9 Å². The molecule has 1 heterocycles. The molecule has 5 heteroatoms. The summed E-state index contributed by atoms with van der Waals surface area (Å²) < 4.78 is 0.786. The lowest BCUT2D eigenvalue weighted by Gasteiger charge is -2.26. The van der Waals surface area contributed by atoms with E-state index in [4.69, 9.17) is 0 Å². The van der Waals surface area contributed by atoms with E-state index in [0.717, 1.165) is 4.47 Å². The molecule has 100 valence electrons.